The van der Waals surface area contributed by atoms with Crippen molar-refractivity contribution < 1.29 is 9.53 Å². The first-order chi connectivity index (χ1) is 10.2. The number of aromatic nitrogens is 1. The lowest BCUT2D eigenvalue weighted by Crippen LogP contribution is -2.48. The lowest BCUT2D eigenvalue weighted by Gasteiger charge is -2.33. The van der Waals surface area contributed by atoms with Crippen LogP contribution in [0, 0.1) is 0 Å². The molecule has 6 nitrogen and oxygen atoms in total. The fraction of sp³-hybridized carbons (Fsp3) is 0.500. The maximum absolute atomic E-state index is 12.6. The molecule has 2 heterocycles. The van der Waals surface area contributed by atoms with Gasteiger partial charge in [-0.3, -0.25) is 4.98 Å². The first-order valence-electron chi connectivity index (χ1n) is 6.95. The van der Waals surface area contributed by atoms with Gasteiger partial charge in [-0.1, -0.05) is 18.3 Å². The average Bonchev–Trinajstić information content (AvgIpc) is 2.52. The van der Waals surface area contributed by atoms with Crippen molar-refractivity contribution in [2.24, 2.45) is 5.73 Å². The van der Waals surface area contributed by atoms with E-state index in [4.69, 9.17) is 22.7 Å². The summed E-state index contributed by atoms with van der Waals surface area (Å²) in [7, 11) is 0. The lowest BCUT2D eigenvalue weighted by molar-refractivity contribution is 0.0428. The van der Waals surface area contributed by atoms with Gasteiger partial charge in [0.2, 0.25) is 0 Å². The van der Waals surface area contributed by atoms with Crippen molar-refractivity contribution in [3.8, 4) is 0 Å². The fourth-order valence-corrected chi connectivity index (χ4v) is 2.25. The molecule has 0 aliphatic carbocycles. The summed E-state index contributed by atoms with van der Waals surface area (Å²) in [6.07, 6.45) is 4.00. The Hall–Kier alpha value is -1.73. The summed E-state index contributed by atoms with van der Waals surface area (Å²) < 4.78 is 5.28. The molecule has 1 saturated heterocycles. The Kier molecular flexibility index (Phi) is 5.89. The maximum atomic E-state index is 12.6. The van der Waals surface area contributed by atoms with E-state index in [1.807, 2.05) is 12.1 Å². The summed E-state index contributed by atoms with van der Waals surface area (Å²) in [5, 5.41) is 0. The van der Waals surface area contributed by atoms with Gasteiger partial charge in [-0.25, -0.2) is 4.79 Å². The van der Waals surface area contributed by atoms with Gasteiger partial charge in [-0.2, -0.15) is 0 Å². The van der Waals surface area contributed by atoms with Gasteiger partial charge in [-0.05, 0) is 11.6 Å². The van der Waals surface area contributed by atoms with Crippen molar-refractivity contribution >= 4 is 23.2 Å². The summed E-state index contributed by atoms with van der Waals surface area (Å²) in [5.74, 6) is 0. The summed E-state index contributed by atoms with van der Waals surface area (Å²) in [6, 6.07) is 3.81. The van der Waals surface area contributed by atoms with E-state index in [1.165, 1.54) is 0 Å². The Bertz CT molecular complexity index is 477. The smallest absolute Gasteiger partial charge is 0.320 e. The Morgan fingerprint density at radius 1 is 1.48 bits per heavy atom. The molecular weight excluding hydrogens is 288 g/mol. The number of rotatable bonds is 5. The highest BCUT2D eigenvalue weighted by Crippen LogP contribution is 2.09. The molecule has 0 aromatic carbocycles. The van der Waals surface area contributed by atoms with Gasteiger partial charge in [0, 0.05) is 45.0 Å². The van der Waals surface area contributed by atoms with Gasteiger partial charge < -0.3 is 20.3 Å². The third kappa shape index (κ3) is 4.95. The number of hydrogen-bond acceptors (Lipinski definition) is 4. The van der Waals surface area contributed by atoms with Crippen LogP contribution in [0.25, 0.3) is 0 Å². The second kappa shape index (κ2) is 7.90. The third-order valence-corrected chi connectivity index (χ3v) is 3.48. The lowest BCUT2D eigenvalue weighted by atomic mass is 10.2. The number of nitrogens with two attached hydrogens (primary N) is 1. The molecule has 2 N–H and O–H groups in total. The van der Waals surface area contributed by atoms with E-state index in [1.54, 1.807) is 22.2 Å². The van der Waals surface area contributed by atoms with E-state index in [-0.39, 0.29) is 6.03 Å². The monoisotopic (exact) mass is 308 g/mol. The largest absolute Gasteiger partial charge is 0.393 e. The number of carbonyl (C=O) groups is 1. The number of urea groups is 1. The second-order valence-corrected chi connectivity index (χ2v) is 5.41. The van der Waals surface area contributed by atoms with Crippen LogP contribution in [-0.2, 0) is 11.3 Å². The highest BCUT2D eigenvalue weighted by atomic mass is 32.1. The predicted octanol–water partition coefficient (Wildman–Crippen LogP) is 1.01. The first-order valence-corrected chi connectivity index (χ1v) is 7.36. The highest BCUT2D eigenvalue weighted by molar-refractivity contribution is 7.80. The van der Waals surface area contributed by atoms with E-state index in [0.717, 1.165) is 5.56 Å². The minimum absolute atomic E-state index is 0.00148. The topological polar surface area (TPSA) is 71.7 Å². The number of pyridine rings is 1. The molecular formula is C14H20N4O2S. The normalized spacial score (nSPS) is 14.8. The minimum Gasteiger partial charge on any atom is -0.393 e. The van der Waals surface area contributed by atoms with Crippen molar-refractivity contribution in [2.45, 2.75) is 13.0 Å². The number of carbonyl (C=O) groups excluding carboxylic acids is 1. The number of hydrogen-bond donors (Lipinski definition) is 1. The Labute approximate surface area is 129 Å². The molecule has 0 atom stereocenters. The summed E-state index contributed by atoms with van der Waals surface area (Å²) in [6.45, 7) is 3.43. The molecule has 114 valence electrons. The van der Waals surface area contributed by atoms with Crippen molar-refractivity contribution in [1.29, 1.82) is 0 Å². The number of nitrogens with zero attached hydrogens (tertiary/aromatic N) is 3. The van der Waals surface area contributed by atoms with E-state index >= 15 is 0 Å². The molecule has 2 amide bonds. The molecule has 0 spiro atoms. The molecule has 7 heteroatoms. The van der Waals surface area contributed by atoms with Gasteiger partial charge in [0.15, 0.2) is 0 Å². The quantitative estimate of drug-likeness (QED) is 0.822. The van der Waals surface area contributed by atoms with Crippen molar-refractivity contribution in [1.82, 2.24) is 14.8 Å². The molecule has 1 aliphatic rings. The molecule has 21 heavy (non-hydrogen) atoms. The molecule has 1 aromatic heterocycles. The van der Waals surface area contributed by atoms with Gasteiger partial charge >= 0.3 is 6.03 Å². The maximum Gasteiger partial charge on any atom is 0.320 e. The van der Waals surface area contributed by atoms with E-state index in [2.05, 4.69) is 4.98 Å². The predicted molar refractivity (Wildman–Crippen MR) is 83.8 cm³/mol. The van der Waals surface area contributed by atoms with Gasteiger partial charge in [0.1, 0.15) is 0 Å². The Morgan fingerprint density at radius 2 is 2.24 bits per heavy atom. The molecule has 0 radical (unpaired) electrons. The number of thiocarbonyl (C=S) groups is 1. The molecule has 2 rings (SSSR count). The molecule has 0 unspecified atom stereocenters. The van der Waals surface area contributed by atoms with E-state index < -0.39 is 0 Å². The third-order valence-electron chi connectivity index (χ3n) is 3.28. The van der Waals surface area contributed by atoms with Crippen molar-refractivity contribution in [3.63, 3.8) is 0 Å². The van der Waals surface area contributed by atoms with Gasteiger partial charge in [-0.15, -0.1) is 0 Å². The summed E-state index contributed by atoms with van der Waals surface area (Å²) >= 11 is 4.92. The van der Waals surface area contributed by atoms with Crippen LogP contribution >= 0.6 is 12.2 Å². The zero-order valence-electron chi connectivity index (χ0n) is 11.9. The van der Waals surface area contributed by atoms with Crippen molar-refractivity contribution in [3.05, 3.63) is 30.1 Å². The second-order valence-electron chi connectivity index (χ2n) is 4.88. The van der Waals surface area contributed by atoms with Crippen LogP contribution in [0.1, 0.15) is 12.0 Å². The van der Waals surface area contributed by atoms with Crippen LogP contribution in [0.2, 0.25) is 0 Å². The van der Waals surface area contributed by atoms with Crippen LogP contribution < -0.4 is 5.73 Å². The number of amides is 2. The van der Waals surface area contributed by atoms with E-state index in [0.29, 0.717) is 50.8 Å². The average molecular weight is 308 g/mol. The molecule has 1 fully saturated rings. The molecule has 0 saturated carbocycles. The van der Waals surface area contributed by atoms with Gasteiger partial charge in [0.25, 0.3) is 0 Å². The van der Waals surface area contributed by atoms with Gasteiger partial charge in [0.05, 0.1) is 18.2 Å². The SMILES string of the molecule is NC(=S)CCN(Cc1cccnc1)C(=O)N1CCOCC1. The zero-order valence-corrected chi connectivity index (χ0v) is 12.7. The Balaban J connectivity index is 2.03. The molecule has 1 aliphatic heterocycles. The zero-order chi connectivity index (χ0) is 15.1. The van der Waals surface area contributed by atoms with E-state index in [9.17, 15) is 4.79 Å². The first kappa shape index (κ1) is 15.7. The molecule has 1 aromatic rings. The van der Waals surface area contributed by atoms with Crippen LogP contribution in [0.5, 0.6) is 0 Å². The van der Waals surface area contributed by atoms with Crippen molar-refractivity contribution in [2.75, 3.05) is 32.8 Å². The van der Waals surface area contributed by atoms with Crippen LogP contribution in [0.4, 0.5) is 4.79 Å². The minimum atomic E-state index is -0.00148. The van der Waals surface area contributed by atoms with Crippen LogP contribution in [-0.4, -0.2) is 58.7 Å². The number of ether oxygens (including phenoxy) is 1. The Morgan fingerprint density at radius 3 is 2.86 bits per heavy atom. The number of morpholine rings is 1. The summed E-state index contributed by atoms with van der Waals surface area (Å²) in [4.78, 5) is 20.7. The summed E-state index contributed by atoms with van der Waals surface area (Å²) in [5.41, 5.74) is 6.55. The molecule has 0 bridgehead atoms. The standard InChI is InChI=1S/C14H20N4O2S/c15-13(21)3-5-18(11-12-2-1-4-16-10-12)14(19)17-6-8-20-9-7-17/h1-2,4,10H,3,5-9,11H2,(H2,15,21). The van der Waals surface area contributed by atoms with Crippen LogP contribution in [0.15, 0.2) is 24.5 Å². The highest BCUT2D eigenvalue weighted by Gasteiger charge is 2.23. The fourth-order valence-electron chi connectivity index (χ4n) is 2.15. The van der Waals surface area contributed by atoms with Crippen LogP contribution in [0.3, 0.4) is 0 Å².